The van der Waals surface area contributed by atoms with E-state index in [1.165, 1.54) is 0 Å². The number of aryl methyl sites for hydroxylation is 1. The molecule has 1 saturated carbocycles. The SMILES string of the molecule is Cc1nn([C@H]2C[C@@H](NC(=O)O)C2)c2nc(Cl)nc(N3CCC[C@H]3CO[Si](C)(C)C(C)(C)C)c12. The third-order valence-corrected chi connectivity index (χ3v) is 12.2. The Morgan fingerprint density at radius 3 is 2.64 bits per heavy atom. The van der Waals surface area contributed by atoms with E-state index in [0.29, 0.717) is 19.4 Å². The molecule has 1 aliphatic carbocycles. The lowest BCUT2D eigenvalue weighted by Crippen LogP contribution is -2.45. The molecule has 0 radical (unpaired) electrons. The number of aromatic nitrogens is 4. The largest absolute Gasteiger partial charge is 0.465 e. The van der Waals surface area contributed by atoms with E-state index in [2.05, 4.69) is 54.0 Å². The molecule has 4 rings (SSSR count). The summed E-state index contributed by atoms with van der Waals surface area (Å²) in [4.78, 5) is 22.4. The summed E-state index contributed by atoms with van der Waals surface area (Å²) in [5, 5.41) is 17.6. The number of amides is 1. The van der Waals surface area contributed by atoms with Crippen LogP contribution in [0.15, 0.2) is 0 Å². The van der Waals surface area contributed by atoms with Gasteiger partial charge in [-0.05, 0) is 62.3 Å². The Hall–Kier alpha value is -1.91. The highest BCUT2D eigenvalue weighted by molar-refractivity contribution is 6.74. The Labute approximate surface area is 201 Å². The zero-order chi connectivity index (χ0) is 24.1. The van der Waals surface area contributed by atoms with Crippen molar-refractivity contribution in [3.05, 3.63) is 11.0 Å². The van der Waals surface area contributed by atoms with Crippen molar-refractivity contribution in [2.45, 2.75) is 89.6 Å². The Morgan fingerprint density at radius 2 is 2.00 bits per heavy atom. The van der Waals surface area contributed by atoms with Gasteiger partial charge >= 0.3 is 6.09 Å². The van der Waals surface area contributed by atoms with E-state index in [0.717, 1.165) is 41.9 Å². The van der Waals surface area contributed by atoms with E-state index >= 15 is 0 Å². The second-order valence-corrected chi connectivity index (χ2v) is 16.0. The van der Waals surface area contributed by atoms with E-state index in [1.807, 2.05) is 11.6 Å². The summed E-state index contributed by atoms with van der Waals surface area (Å²) in [6.45, 7) is 14.9. The summed E-state index contributed by atoms with van der Waals surface area (Å²) in [5.41, 5.74) is 1.58. The Kier molecular flexibility index (Phi) is 6.39. The number of hydrogen-bond donors (Lipinski definition) is 2. The normalized spacial score (nSPS) is 23.7. The van der Waals surface area contributed by atoms with E-state index in [4.69, 9.17) is 26.2 Å². The molecule has 2 aromatic heterocycles. The van der Waals surface area contributed by atoms with Gasteiger partial charge < -0.3 is 19.7 Å². The molecule has 1 amide bonds. The van der Waals surface area contributed by atoms with Crippen LogP contribution in [0.5, 0.6) is 0 Å². The van der Waals surface area contributed by atoms with E-state index in [9.17, 15) is 4.79 Å². The highest BCUT2D eigenvalue weighted by Crippen LogP contribution is 2.40. The number of rotatable bonds is 6. The topological polar surface area (TPSA) is 105 Å². The number of nitrogens with one attached hydrogen (secondary N) is 1. The van der Waals surface area contributed by atoms with Gasteiger partial charge in [-0.25, -0.2) is 9.48 Å². The maximum absolute atomic E-state index is 10.9. The van der Waals surface area contributed by atoms with Gasteiger partial charge in [0.15, 0.2) is 14.0 Å². The lowest BCUT2D eigenvalue weighted by molar-refractivity contribution is 0.165. The lowest BCUT2D eigenvalue weighted by atomic mass is 9.87. The van der Waals surface area contributed by atoms with Crippen molar-refractivity contribution >= 4 is 42.9 Å². The van der Waals surface area contributed by atoms with E-state index < -0.39 is 14.4 Å². The van der Waals surface area contributed by atoms with Crippen molar-refractivity contribution in [2.75, 3.05) is 18.1 Å². The molecule has 1 atom stereocenters. The van der Waals surface area contributed by atoms with Gasteiger partial charge in [-0.1, -0.05) is 20.8 Å². The molecule has 2 N–H and O–H groups in total. The fourth-order valence-corrected chi connectivity index (χ4v) is 5.71. The third-order valence-electron chi connectivity index (χ3n) is 7.56. The molecule has 0 aromatic carbocycles. The minimum atomic E-state index is -1.85. The number of fused-ring (bicyclic) bond motifs is 1. The van der Waals surface area contributed by atoms with Crippen molar-refractivity contribution in [2.24, 2.45) is 0 Å². The molecule has 0 spiro atoms. The second kappa shape index (κ2) is 8.70. The van der Waals surface area contributed by atoms with E-state index in [-0.39, 0.29) is 28.4 Å². The van der Waals surface area contributed by atoms with Crippen LogP contribution in [0, 0.1) is 6.92 Å². The van der Waals surface area contributed by atoms with Crippen LogP contribution in [-0.4, -0.2) is 64.5 Å². The van der Waals surface area contributed by atoms with Crippen LogP contribution in [0.4, 0.5) is 10.6 Å². The van der Waals surface area contributed by atoms with Crippen LogP contribution in [0.2, 0.25) is 23.4 Å². The first-order valence-electron chi connectivity index (χ1n) is 11.7. The quantitative estimate of drug-likeness (QED) is 0.441. The van der Waals surface area contributed by atoms with Gasteiger partial charge in [0.2, 0.25) is 5.28 Å². The lowest BCUT2D eigenvalue weighted by Gasteiger charge is -2.38. The first-order valence-corrected chi connectivity index (χ1v) is 15.0. The number of halogens is 1. The number of carboxylic acid groups (broad SMARTS) is 1. The molecule has 2 aliphatic rings. The molecule has 9 nitrogen and oxygen atoms in total. The Morgan fingerprint density at radius 1 is 1.30 bits per heavy atom. The predicted molar refractivity (Wildman–Crippen MR) is 132 cm³/mol. The van der Waals surface area contributed by atoms with Crippen LogP contribution in [0.1, 0.15) is 58.2 Å². The van der Waals surface area contributed by atoms with Gasteiger partial charge in [0.05, 0.1) is 29.8 Å². The summed E-state index contributed by atoms with van der Waals surface area (Å²) in [6, 6.07) is 0.274. The van der Waals surface area contributed by atoms with Crippen LogP contribution in [0.3, 0.4) is 0 Å². The zero-order valence-electron chi connectivity index (χ0n) is 20.4. The highest BCUT2D eigenvalue weighted by Gasteiger charge is 2.40. The second-order valence-electron chi connectivity index (χ2n) is 10.9. The van der Waals surface area contributed by atoms with Crippen molar-refractivity contribution in [1.82, 2.24) is 25.1 Å². The average Bonchev–Trinajstić information content (AvgIpc) is 3.26. The van der Waals surface area contributed by atoms with Crippen LogP contribution >= 0.6 is 11.6 Å². The van der Waals surface area contributed by atoms with Gasteiger partial charge in [0.25, 0.3) is 0 Å². The first-order chi connectivity index (χ1) is 15.4. The highest BCUT2D eigenvalue weighted by atomic mass is 35.5. The maximum atomic E-state index is 10.9. The minimum absolute atomic E-state index is 0.0562. The summed E-state index contributed by atoms with van der Waals surface area (Å²) < 4.78 is 8.46. The molecule has 1 saturated heterocycles. The number of hydrogen-bond acceptors (Lipinski definition) is 6. The number of anilines is 1. The number of nitrogens with zero attached hydrogens (tertiary/aromatic N) is 5. The molecule has 182 valence electrons. The molecule has 33 heavy (non-hydrogen) atoms. The van der Waals surface area contributed by atoms with Gasteiger partial charge in [-0.3, -0.25) is 0 Å². The molecule has 0 bridgehead atoms. The van der Waals surface area contributed by atoms with Crippen molar-refractivity contribution in [1.29, 1.82) is 0 Å². The third kappa shape index (κ3) is 4.70. The predicted octanol–water partition coefficient (Wildman–Crippen LogP) is 4.75. The molecule has 2 aromatic rings. The van der Waals surface area contributed by atoms with Crippen molar-refractivity contribution < 1.29 is 14.3 Å². The fourth-order valence-electron chi connectivity index (χ4n) is 4.51. The van der Waals surface area contributed by atoms with Crippen LogP contribution in [-0.2, 0) is 4.43 Å². The molecule has 1 aliphatic heterocycles. The van der Waals surface area contributed by atoms with Gasteiger partial charge in [0.1, 0.15) is 5.82 Å². The fraction of sp³-hybridized carbons (Fsp3) is 0.727. The summed E-state index contributed by atoms with van der Waals surface area (Å²) >= 11 is 6.40. The zero-order valence-corrected chi connectivity index (χ0v) is 22.1. The maximum Gasteiger partial charge on any atom is 0.404 e. The van der Waals surface area contributed by atoms with Crippen LogP contribution < -0.4 is 10.2 Å². The monoisotopic (exact) mass is 494 g/mol. The summed E-state index contributed by atoms with van der Waals surface area (Å²) in [5.74, 6) is 0.828. The van der Waals surface area contributed by atoms with Gasteiger partial charge in [-0.15, -0.1) is 0 Å². The Bertz CT molecular complexity index is 1050. The van der Waals surface area contributed by atoms with Crippen LogP contribution in [0.25, 0.3) is 11.0 Å². The molecule has 2 fully saturated rings. The molecule has 3 heterocycles. The summed E-state index contributed by atoms with van der Waals surface area (Å²) in [6.07, 6.45) is 2.51. The Balaban J connectivity index is 1.60. The minimum Gasteiger partial charge on any atom is -0.465 e. The van der Waals surface area contributed by atoms with Gasteiger partial charge in [0, 0.05) is 12.6 Å². The summed E-state index contributed by atoms with van der Waals surface area (Å²) in [7, 11) is -1.85. The molecule has 11 heteroatoms. The molecule has 0 unspecified atom stereocenters. The molecular formula is C22H35ClN6O3Si. The first kappa shape index (κ1) is 24.2. The average molecular weight is 495 g/mol. The number of carbonyl (C=O) groups is 1. The molecular weight excluding hydrogens is 460 g/mol. The van der Waals surface area contributed by atoms with Crippen molar-refractivity contribution in [3.63, 3.8) is 0 Å². The van der Waals surface area contributed by atoms with E-state index in [1.54, 1.807) is 0 Å². The smallest absolute Gasteiger partial charge is 0.404 e. The van der Waals surface area contributed by atoms with Crippen molar-refractivity contribution in [3.8, 4) is 0 Å². The standard InChI is InChI=1S/C22H35ClN6O3Si/c1-13-17-18(28-9-7-8-15(28)12-32-33(5,6)22(2,3)4)25-20(23)26-19(17)29(27-13)16-10-14(11-16)24-21(30)31/h14-16,24H,7-12H2,1-6H3,(H,30,31)/t14-,15-,16+/m0/s1. The van der Waals surface area contributed by atoms with Gasteiger partial charge in [-0.2, -0.15) is 15.1 Å².